The third-order valence-electron chi connectivity index (χ3n) is 2.69. The Morgan fingerprint density at radius 3 is 2.65 bits per heavy atom. The predicted octanol–water partition coefficient (Wildman–Crippen LogP) is 1.86. The molecule has 1 aliphatic heterocycles. The molecule has 1 aromatic rings. The molecular weight excluding hydrogens is 286 g/mol. The quantitative estimate of drug-likeness (QED) is 0.891. The van der Waals surface area contributed by atoms with E-state index in [1.54, 1.807) is 0 Å². The normalized spacial score (nSPS) is 15.7. The summed E-state index contributed by atoms with van der Waals surface area (Å²) in [6, 6.07) is 4.06. The van der Waals surface area contributed by atoms with Crippen LogP contribution < -0.4 is 14.8 Å². The van der Waals surface area contributed by atoms with Gasteiger partial charge >= 0.3 is 0 Å². The van der Waals surface area contributed by atoms with Gasteiger partial charge in [0.05, 0.1) is 6.61 Å². The number of rotatable bonds is 4. The SMILES string of the molecule is CC(NCCO)c1cc2c(cc1Br)OCCO2. The number of fused-ring (bicyclic) bond motifs is 1. The molecule has 0 spiro atoms. The van der Waals surface area contributed by atoms with E-state index >= 15 is 0 Å². The van der Waals surface area contributed by atoms with Crippen molar-refractivity contribution in [2.45, 2.75) is 13.0 Å². The minimum absolute atomic E-state index is 0.131. The first-order chi connectivity index (χ1) is 8.22. The van der Waals surface area contributed by atoms with Crippen molar-refractivity contribution >= 4 is 15.9 Å². The van der Waals surface area contributed by atoms with Crippen LogP contribution in [0.25, 0.3) is 0 Å². The van der Waals surface area contributed by atoms with E-state index in [0.717, 1.165) is 21.5 Å². The molecule has 0 aromatic heterocycles. The number of nitrogens with one attached hydrogen (secondary N) is 1. The van der Waals surface area contributed by atoms with Crippen LogP contribution in [0.1, 0.15) is 18.5 Å². The minimum atomic E-state index is 0.131. The van der Waals surface area contributed by atoms with E-state index in [9.17, 15) is 0 Å². The summed E-state index contributed by atoms with van der Waals surface area (Å²) >= 11 is 3.53. The molecule has 5 heteroatoms. The van der Waals surface area contributed by atoms with E-state index < -0.39 is 0 Å². The lowest BCUT2D eigenvalue weighted by Gasteiger charge is -2.22. The molecule has 0 radical (unpaired) electrons. The molecule has 0 amide bonds. The van der Waals surface area contributed by atoms with Crippen molar-refractivity contribution < 1.29 is 14.6 Å². The average Bonchev–Trinajstić information content (AvgIpc) is 2.35. The predicted molar refractivity (Wildman–Crippen MR) is 68.6 cm³/mol. The van der Waals surface area contributed by atoms with E-state index in [1.165, 1.54) is 0 Å². The van der Waals surface area contributed by atoms with Gasteiger partial charge in [-0.1, -0.05) is 15.9 Å². The summed E-state index contributed by atoms with van der Waals surface area (Å²) in [5.41, 5.74) is 1.10. The molecule has 1 unspecified atom stereocenters. The van der Waals surface area contributed by atoms with Crippen LogP contribution in [0.15, 0.2) is 16.6 Å². The number of hydrogen-bond donors (Lipinski definition) is 2. The summed E-state index contributed by atoms with van der Waals surface area (Å²) in [6.45, 7) is 3.93. The van der Waals surface area contributed by atoms with Gasteiger partial charge in [0.1, 0.15) is 13.2 Å². The molecule has 2 rings (SSSR count). The number of benzene rings is 1. The highest BCUT2D eigenvalue weighted by molar-refractivity contribution is 9.10. The van der Waals surface area contributed by atoms with Crippen LogP contribution in [0.2, 0.25) is 0 Å². The lowest BCUT2D eigenvalue weighted by molar-refractivity contribution is 0.171. The van der Waals surface area contributed by atoms with Gasteiger partial charge in [-0.15, -0.1) is 0 Å². The standard InChI is InChI=1S/C12H16BrNO3/c1-8(14-2-3-15)9-6-11-12(7-10(9)13)17-5-4-16-11/h6-8,14-15H,2-5H2,1H3. The molecule has 1 aliphatic rings. The van der Waals surface area contributed by atoms with Crippen molar-refractivity contribution in [2.75, 3.05) is 26.4 Å². The maximum Gasteiger partial charge on any atom is 0.162 e. The lowest BCUT2D eigenvalue weighted by Crippen LogP contribution is -2.23. The maximum atomic E-state index is 8.80. The highest BCUT2D eigenvalue weighted by Crippen LogP contribution is 2.37. The molecular formula is C12H16BrNO3. The number of aliphatic hydroxyl groups is 1. The monoisotopic (exact) mass is 301 g/mol. The summed E-state index contributed by atoms with van der Waals surface area (Å²) in [4.78, 5) is 0. The van der Waals surface area contributed by atoms with Gasteiger partial charge in [0.2, 0.25) is 0 Å². The smallest absolute Gasteiger partial charge is 0.162 e. The second kappa shape index (κ2) is 5.71. The molecule has 1 heterocycles. The van der Waals surface area contributed by atoms with Gasteiger partial charge < -0.3 is 19.9 Å². The Hall–Kier alpha value is -0.780. The Labute approximate surface area is 109 Å². The van der Waals surface area contributed by atoms with E-state index in [4.69, 9.17) is 14.6 Å². The van der Waals surface area contributed by atoms with E-state index in [1.807, 2.05) is 19.1 Å². The number of halogens is 1. The topological polar surface area (TPSA) is 50.7 Å². The second-order valence-electron chi connectivity index (χ2n) is 3.92. The summed E-state index contributed by atoms with van der Waals surface area (Å²) in [7, 11) is 0. The van der Waals surface area contributed by atoms with Gasteiger partial charge in [0.15, 0.2) is 11.5 Å². The molecule has 94 valence electrons. The summed E-state index contributed by atoms with van der Waals surface area (Å²) < 4.78 is 12.0. The molecule has 0 saturated heterocycles. The third-order valence-corrected chi connectivity index (χ3v) is 3.38. The molecule has 1 aromatic carbocycles. The zero-order valence-corrected chi connectivity index (χ0v) is 11.3. The van der Waals surface area contributed by atoms with Crippen LogP contribution in [0.3, 0.4) is 0 Å². The Kier molecular flexibility index (Phi) is 4.25. The lowest BCUT2D eigenvalue weighted by atomic mass is 10.1. The van der Waals surface area contributed by atoms with E-state index in [-0.39, 0.29) is 12.6 Å². The molecule has 1 atom stereocenters. The Morgan fingerprint density at radius 1 is 1.35 bits per heavy atom. The first-order valence-electron chi connectivity index (χ1n) is 5.65. The molecule has 0 saturated carbocycles. The Balaban J connectivity index is 2.22. The molecule has 2 N–H and O–H groups in total. The molecule has 0 bridgehead atoms. The summed E-state index contributed by atoms with van der Waals surface area (Å²) in [6.07, 6.45) is 0. The van der Waals surface area contributed by atoms with Crippen LogP contribution in [-0.4, -0.2) is 31.5 Å². The van der Waals surface area contributed by atoms with Gasteiger partial charge in [-0.05, 0) is 24.6 Å². The number of aliphatic hydroxyl groups excluding tert-OH is 1. The fourth-order valence-corrected chi connectivity index (χ4v) is 2.47. The summed E-state index contributed by atoms with van der Waals surface area (Å²) in [5, 5.41) is 12.0. The fraction of sp³-hybridized carbons (Fsp3) is 0.500. The maximum absolute atomic E-state index is 8.80. The molecule has 0 fully saturated rings. The molecule has 4 nitrogen and oxygen atoms in total. The van der Waals surface area contributed by atoms with Gasteiger partial charge in [-0.2, -0.15) is 0 Å². The first-order valence-corrected chi connectivity index (χ1v) is 6.45. The van der Waals surface area contributed by atoms with E-state index in [2.05, 4.69) is 21.2 Å². The molecule has 0 aliphatic carbocycles. The average molecular weight is 302 g/mol. The van der Waals surface area contributed by atoms with E-state index in [0.29, 0.717) is 19.8 Å². The van der Waals surface area contributed by atoms with Gasteiger partial charge in [-0.3, -0.25) is 0 Å². The van der Waals surface area contributed by atoms with Gasteiger partial charge in [-0.25, -0.2) is 0 Å². The van der Waals surface area contributed by atoms with Crippen LogP contribution in [0.4, 0.5) is 0 Å². The zero-order chi connectivity index (χ0) is 12.3. The van der Waals surface area contributed by atoms with Crippen molar-refractivity contribution in [2.24, 2.45) is 0 Å². The van der Waals surface area contributed by atoms with Crippen molar-refractivity contribution in [3.05, 3.63) is 22.2 Å². The largest absolute Gasteiger partial charge is 0.486 e. The van der Waals surface area contributed by atoms with Crippen molar-refractivity contribution in [3.63, 3.8) is 0 Å². The van der Waals surface area contributed by atoms with Crippen LogP contribution in [0, 0.1) is 0 Å². The van der Waals surface area contributed by atoms with Crippen LogP contribution in [0.5, 0.6) is 11.5 Å². The van der Waals surface area contributed by atoms with Gasteiger partial charge in [0.25, 0.3) is 0 Å². The Morgan fingerprint density at radius 2 is 2.00 bits per heavy atom. The number of ether oxygens (including phenoxy) is 2. The summed E-state index contributed by atoms with van der Waals surface area (Å²) in [5.74, 6) is 1.56. The molecule has 17 heavy (non-hydrogen) atoms. The highest BCUT2D eigenvalue weighted by Gasteiger charge is 2.17. The van der Waals surface area contributed by atoms with Crippen LogP contribution >= 0.6 is 15.9 Å². The van der Waals surface area contributed by atoms with Crippen molar-refractivity contribution in [1.29, 1.82) is 0 Å². The Bertz CT molecular complexity index is 398. The van der Waals surface area contributed by atoms with Crippen molar-refractivity contribution in [3.8, 4) is 11.5 Å². The van der Waals surface area contributed by atoms with Crippen molar-refractivity contribution in [1.82, 2.24) is 5.32 Å². The number of hydrogen-bond acceptors (Lipinski definition) is 4. The van der Waals surface area contributed by atoms with Crippen LogP contribution in [-0.2, 0) is 0 Å². The highest BCUT2D eigenvalue weighted by atomic mass is 79.9. The zero-order valence-electron chi connectivity index (χ0n) is 9.70. The minimum Gasteiger partial charge on any atom is -0.486 e. The second-order valence-corrected chi connectivity index (χ2v) is 4.77. The third kappa shape index (κ3) is 2.91. The fourth-order valence-electron chi connectivity index (χ4n) is 1.80. The first kappa shape index (κ1) is 12.7. The van der Waals surface area contributed by atoms with Gasteiger partial charge in [0, 0.05) is 17.1 Å².